The van der Waals surface area contributed by atoms with Crippen LogP contribution in [-0.4, -0.2) is 26.0 Å². The Morgan fingerprint density at radius 2 is 2.00 bits per heavy atom. The minimum Gasteiger partial charge on any atom is -0.477 e. The molecule has 0 unspecified atom stereocenters. The predicted molar refractivity (Wildman–Crippen MR) is 82.3 cm³/mol. The highest BCUT2D eigenvalue weighted by atomic mass is 32.2. The Labute approximate surface area is 129 Å². The number of hydrogen-bond donors (Lipinski definition) is 2. The molecule has 0 aliphatic heterocycles. The van der Waals surface area contributed by atoms with E-state index in [0.717, 1.165) is 42.9 Å². The van der Waals surface area contributed by atoms with E-state index in [2.05, 4.69) is 11.6 Å². The molecule has 0 amide bonds. The van der Waals surface area contributed by atoms with Gasteiger partial charge in [-0.3, -0.25) is 0 Å². The summed E-state index contributed by atoms with van der Waals surface area (Å²) in [5.41, 5.74) is 0. The molecule has 1 aromatic heterocycles. The Balaban J connectivity index is 2.03. The molecule has 1 aliphatic carbocycles. The fourth-order valence-corrected chi connectivity index (χ4v) is 5.22. The van der Waals surface area contributed by atoms with Crippen molar-refractivity contribution in [3.05, 3.63) is 15.8 Å². The molecule has 1 heterocycles. The third kappa shape index (κ3) is 4.05. The number of thiophene rings is 1. The predicted octanol–water partition coefficient (Wildman–Crippen LogP) is 2.86. The molecule has 118 valence electrons. The van der Waals surface area contributed by atoms with Crippen LogP contribution in [-0.2, 0) is 10.0 Å². The van der Waals surface area contributed by atoms with Gasteiger partial charge in [0.05, 0.1) is 4.90 Å². The van der Waals surface area contributed by atoms with Crippen molar-refractivity contribution in [1.29, 1.82) is 0 Å². The molecule has 0 bridgehead atoms. The van der Waals surface area contributed by atoms with E-state index in [0.29, 0.717) is 17.3 Å². The van der Waals surface area contributed by atoms with Gasteiger partial charge in [-0.15, -0.1) is 11.3 Å². The number of carbonyl (C=O) groups is 1. The summed E-state index contributed by atoms with van der Waals surface area (Å²) < 4.78 is 27.2. The van der Waals surface area contributed by atoms with E-state index in [-0.39, 0.29) is 9.77 Å². The van der Waals surface area contributed by atoms with E-state index in [9.17, 15) is 13.2 Å². The van der Waals surface area contributed by atoms with Gasteiger partial charge in [-0.25, -0.2) is 17.9 Å². The van der Waals surface area contributed by atoms with Crippen LogP contribution in [0.4, 0.5) is 0 Å². The lowest BCUT2D eigenvalue weighted by Gasteiger charge is -2.26. The number of carboxylic acid groups (broad SMARTS) is 1. The van der Waals surface area contributed by atoms with Gasteiger partial charge in [0.25, 0.3) is 0 Å². The lowest BCUT2D eigenvalue weighted by molar-refractivity contribution is 0.0702. The molecule has 5 nitrogen and oxygen atoms in total. The minimum atomic E-state index is -3.62. The topological polar surface area (TPSA) is 83.5 Å². The quantitative estimate of drug-likeness (QED) is 0.869. The SMILES string of the molecule is Cc1sc(C(=O)O)cc1S(=O)(=O)NCC1CCC(C)CC1. The molecular weight excluding hydrogens is 310 g/mol. The number of carboxylic acids is 1. The van der Waals surface area contributed by atoms with Crippen LogP contribution in [0.25, 0.3) is 0 Å². The number of hydrogen-bond acceptors (Lipinski definition) is 4. The van der Waals surface area contributed by atoms with Crippen LogP contribution in [0.5, 0.6) is 0 Å². The monoisotopic (exact) mass is 331 g/mol. The maximum atomic E-state index is 12.3. The number of rotatable bonds is 5. The molecule has 1 aromatic rings. The number of aryl methyl sites for hydroxylation is 1. The highest BCUT2D eigenvalue weighted by Gasteiger charge is 2.24. The highest BCUT2D eigenvalue weighted by Crippen LogP contribution is 2.29. The number of nitrogens with one attached hydrogen (secondary N) is 1. The molecular formula is C14H21NO4S2. The normalized spacial score (nSPS) is 23.1. The summed E-state index contributed by atoms with van der Waals surface area (Å²) in [6.07, 6.45) is 4.39. The van der Waals surface area contributed by atoms with E-state index in [1.165, 1.54) is 6.07 Å². The van der Waals surface area contributed by atoms with Gasteiger partial charge in [-0.05, 0) is 37.7 Å². The summed E-state index contributed by atoms with van der Waals surface area (Å²) >= 11 is 0.992. The molecule has 0 saturated heterocycles. The molecule has 1 saturated carbocycles. The number of sulfonamides is 1. The van der Waals surface area contributed by atoms with E-state index in [1.807, 2.05) is 0 Å². The second-order valence-corrected chi connectivity index (χ2v) is 8.81. The van der Waals surface area contributed by atoms with Crippen molar-refractivity contribution in [3.8, 4) is 0 Å². The van der Waals surface area contributed by atoms with Crippen molar-refractivity contribution in [2.45, 2.75) is 44.4 Å². The molecule has 1 fully saturated rings. The van der Waals surface area contributed by atoms with Gasteiger partial charge in [-0.1, -0.05) is 19.8 Å². The molecule has 0 atom stereocenters. The first-order valence-electron chi connectivity index (χ1n) is 7.13. The fraction of sp³-hybridized carbons (Fsp3) is 0.643. The van der Waals surface area contributed by atoms with Crippen molar-refractivity contribution in [3.63, 3.8) is 0 Å². The molecule has 21 heavy (non-hydrogen) atoms. The van der Waals surface area contributed by atoms with Crippen molar-refractivity contribution >= 4 is 27.3 Å². The Bertz CT molecular complexity index is 613. The second kappa shape index (κ2) is 6.46. The van der Waals surface area contributed by atoms with Gasteiger partial charge < -0.3 is 5.11 Å². The summed E-state index contributed by atoms with van der Waals surface area (Å²) in [7, 11) is -3.62. The Morgan fingerprint density at radius 3 is 2.52 bits per heavy atom. The highest BCUT2D eigenvalue weighted by molar-refractivity contribution is 7.89. The molecule has 2 rings (SSSR count). The van der Waals surface area contributed by atoms with Crippen LogP contribution in [0.2, 0.25) is 0 Å². The van der Waals surface area contributed by atoms with Crippen molar-refractivity contribution in [1.82, 2.24) is 4.72 Å². The lowest BCUT2D eigenvalue weighted by Crippen LogP contribution is -2.31. The van der Waals surface area contributed by atoms with Crippen LogP contribution in [0.15, 0.2) is 11.0 Å². The molecule has 2 N–H and O–H groups in total. The summed E-state index contributed by atoms with van der Waals surface area (Å²) in [4.78, 5) is 11.6. The first-order chi connectivity index (χ1) is 9.79. The molecule has 0 aromatic carbocycles. The van der Waals surface area contributed by atoms with Crippen LogP contribution < -0.4 is 4.72 Å². The zero-order valence-corrected chi connectivity index (χ0v) is 13.9. The standard InChI is InChI=1S/C14H21NO4S2/c1-9-3-5-11(6-4-9)8-15-21(18,19)13-7-12(14(16)17)20-10(13)2/h7,9,11,15H,3-6,8H2,1-2H3,(H,16,17). The maximum Gasteiger partial charge on any atom is 0.345 e. The Kier molecular flexibility index (Phi) is 5.06. The second-order valence-electron chi connectivity index (χ2n) is 5.81. The third-order valence-corrected chi connectivity index (χ3v) is 6.79. The molecule has 0 radical (unpaired) electrons. The van der Waals surface area contributed by atoms with E-state index >= 15 is 0 Å². The van der Waals surface area contributed by atoms with Crippen molar-refractivity contribution in [2.24, 2.45) is 11.8 Å². The van der Waals surface area contributed by atoms with Gasteiger partial charge in [0.2, 0.25) is 10.0 Å². The fourth-order valence-electron chi connectivity index (χ4n) is 2.68. The smallest absolute Gasteiger partial charge is 0.345 e. The van der Waals surface area contributed by atoms with Crippen molar-refractivity contribution in [2.75, 3.05) is 6.54 Å². The van der Waals surface area contributed by atoms with E-state index in [4.69, 9.17) is 5.11 Å². The summed E-state index contributed by atoms with van der Waals surface area (Å²) in [5, 5.41) is 8.94. The zero-order valence-electron chi connectivity index (χ0n) is 12.3. The third-order valence-electron chi connectivity index (χ3n) is 4.07. The lowest BCUT2D eigenvalue weighted by atomic mass is 9.83. The largest absolute Gasteiger partial charge is 0.477 e. The van der Waals surface area contributed by atoms with Gasteiger partial charge in [-0.2, -0.15) is 0 Å². The van der Waals surface area contributed by atoms with Crippen LogP contribution >= 0.6 is 11.3 Å². The summed E-state index contributed by atoms with van der Waals surface area (Å²) in [6, 6.07) is 1.24. The maximum absolute atomic E-state index is 12.3. The van der Waals surface area contributed by atoms with Crippen molar-refractivity contribution < 1.29 is 18.3 Å². The summed E-state index contributed by atoms with van der Waals surface area (Å²) in [6.45, 7) is 4.29. The van der Waals surface area contributed by atoms with Crippen LogP contribution in [0.3, 0.4) is 0 Å². The molecule has 1 aliphatic rings. The Hall–Kier alpha value is -0.920. The average molecular weight is 331 g/mol. The molecule has 0 spiro atoms. The number of aromatic carboxylic acids is 1. The van der Waals surface area contributed by atoms with E-state index < -0.39 is 16.0 Å². The summed E-state index contributed by atoms with van der Waals surface area (Å²) in [5.74, 6) is 0.0229. The van der Waals surface area contributed by atoms with Crippen LogP contribution in [0, 0.1) is 18.8 Å². The Morgan fingerprint density at radius 1 is 1.38 bits per heavy atom. The zero-order chi connectivity index (χ0) is 15.6. The van der Waals surface area contributed by atoms with Gasteiger partial charge in [0, 0.05) is 11.4 Å². The first kappa shape index (κ1) is 16.5. The molecule has 7 heteroatoms. The first-order valence-corrected chi connectivity index (χ1v) is 9.43. The average Bonchev–Trinajstić information content (AvgIpc) is 2.81. The van der Waals surface area contributed by atoms with Gasteiger partial charge in [0.15, 0.2) is 0 Å². The van der Waals surface area contributed by atoms with Gasteiger partial charge in [0.1, 0.15) is 4.88 Å². The minimum absolute atomic E-state index is 0.0550. The van der Waals surface area contributed by atoms with E-state index in [1.54, 1.807) is 6.92 Å². The van der Waals surface area contributed by atoms with Gasteiger partial charge >= 0.3 is 5.97 Å². The van der Waals surface area contributed by atoms with Crippen LogP contribution in [0.1, 0.15) is 47.2 Å².